The van der Waals surface area contributed by atoms with Crippen molar-refractivity contribution in [2.75, 3.05) is 0 Å². The minimum absolute atomic E-state index is 0.176. The van der Waals surface area contributed by atoms with Crippen LogP contribution in [0.3, 0.4) is 0 Å². The van der Waals surface area contributed by atoms with Crippen molar-refractivity contribution in [1.29, 1.82) is 0 Å². The Bertz CT molecular complexity index is 1180. The molecule has 0 atom stereocenters. The van der Waals surface area contributed by atoms with Gasteiger partial charge in [0.05, 0.1) is 11.4 Å². The van der Waals surface area contributed by atoms with Crippen LogP contribution >= 0.6 is 11.3 Å². The summed E-state index contributed by atoms with van der Waals surface area (Å²) in [5.41, 5.74) is 10.1. The topological polar surface area (TPSA) is 91.2 Å². The number of benzene rings is 1. The molecule has 3 aromatic heterocycles. The summed E-state index contributed by atoms with van der Waals surface area (Å²) in [5.74, 6) is 0.645. The van der Waals surface area contributed by atoms with Crippen molar-refractivity contribution in [3.63, 3.8) is 0 Å². The predicted molar refractivity (Wildman–Crippen MR) is 114 cm³/mol. The van der Waals surface area contributed by atoms with Crippen LogP contribution in [0.15, 0.2) is 59.2 Å². The molecule has 0 bridgehead atoms. The van der Waals surface area contributed by atoms with E-state index in [1.807, 2.05) is 37.4 Å². The first-order valence-electron chi connectivity index (χ1n) is 9.15. The lowest BCUT2D eigenvalue weighted by atomic mass is 10.2. The third-order valence-electron chi connectivity index (χ3n) is 4.29. The molecule has 0 fully saturated rings. The normalized spacial score (nSPS) is 11.6. The summed E-state index contributed by atoms with van der Waals surface area (Å²) in [5, 5.41) is 11.0. The van der Waals surface area contributed by atoms with Crippen LogP contribution in [0.5, 0.6) is 0 Å². The number of pyridine rings is 1. The second-order valence-corrected chi connectivity index (χ2v) is 7.50. The van der Waals surface area contributed by atoms with Crippen molar-refractivity contribution in [2.24, 2.45) is 10.9 Å². The van der Waals surface area contributed by atoms with Gasteiger partial charge in [0.15, 0.2) is 18.3 Å². The lowest BCUT2D eigenvalue weighted by Gasteiger charge is -2.05. The van der Waals surface area contributed by atoms with Crippen molar-refractivity contribution in [3.05, 3.63) is 82.5 Å². The van der Waals surface area contributed by atoms with Crippen LogP contribution in [0.25, 0.3) is 16.4 Å². The van der Waals surface area contributed by atoms with E-state index in [0.717, 1.165) is 22.0 Å². The van der Waals surface area contributed by atoms with Gasteiger partial charge in [-0.1, -0.05) is 5.16 Å². The van der Waals surface area contributed by atoms with E-state index in [-0.39, 0.29) is 18.3 Å². The highest BCUT2D eigenvalue weighted by Crippen LogP contribution is 2.24. The highest BCUT2D eigenvalue weighted by atomic mass is 32.1. The van der Waals surface area contributed by atoms with E-state index in [9.17, 15) is 4.39 Å². The number of amidine groups is 1. The third kappa shape index (κ3) is 4.36. The van der Waals surface area contributed by atoms with Crippen molar-refractivity contribution >= 4 is 17.2 Å². The molecule has 9 heteroatoms. The summed E-state index contributed by atoms with van der Waals surface area (Å²) in [4.78, 5) is 14.2. The van der Waals surface area contributed by atoms with Gasteiger partial charge in [-0.05, 0) is 56.3 Å². The Morgan fingerprint density at radius 2 is 2.00 bits per heavy atom. The fourth-order valence-corrected chi connectivity index (χ4v) is 3.65. The first-order valence-corrected chi connectivity index (χ1v) is 10.0. The summed E-state index contributed by atoms with van der Waals surface area (Å²) < 4.78 is 14.8. The molecule has 0 aliphatic rings. The molecule has 0 unspecified atom stereocenters. The highest BCUT2D eigenvalue weighted by molar-refractivity contribution is 7.13. The zero-order chi connectivity index (χ0) is 21.1. The number of hydrogen-bond donors (Lipinski definition) is 1. The number of oxime groups is 1. The Balaban J connectivity index is 1.39. The van der Waals surface area contributed by atoms with Crippen molar-refractivity contribution in [3.8, 4) is 16.4 Å². The molecule has 4 aromatic rings. The van der Waals surface area contributed by atoms with Gasteiger partial charge in [0.25, 0.3) is 0 Å². The smallest absolute Gasteiger partial charge is 0.171 e. The summed E-state index contributed by atoms with van der Waals surface area (Å²) in [6.45, 7) is 4.08. The first-order chi connectivity index (χ1) is 14.5. The van der Waals surface area contributed by atoms with Gasteiger partial charge in [-0.3, -0.25) is 0 Å². The van der Waals surface area contributed by atoms with Gasteiger partial charge < -0.3 is 10.6 Å². The maximum atomic E-state index is 13.0. The molecule has 0 saturated carbocycles. The third-order valence-corrected chi connectivity index (χ3v) is 5.23. The number of aromatic nitrogens is 4. The Kier molecular flexibility index (Phi) is 5.53. The molecule has 0 aliphatic heterocycles. The fourth-order valence-electron chi connectivity index (χ4n) is 2.84. The molecule has 2 N–H and O–H groups in total. The van der Waals surface area contributed by atoms with E-state index in [1.165, 1.54) is 23.5 Å². The van der Waals surface area contributed by atoms with Crippen LogP contribution in [0.4, 0.5) is 4.39 Å². The van der Waals surface area contributed by atoms with Crippen molar-refractivity contribution < 1.29 is 9.23 Å². The van der Waals surface area contributed by atoms with Gasteiger partial charge in [0.2, 0.25) is 0 Å². The SMILES string of the molecule is Cc1cc(C)n(-c2ccc(/C(N)=N/OCc3csc(-c4ccc(F)cc4)n3)cn2)n1. The number of nitrogens with zero attached hydrogens (tertiary/aromatic N) is 5. The quantitative estimate of drug-likeness (QED) is 0.288. The Hall–Kier alpha value is -3.59. The standard InChI is InChI=1S/C21H19FN6OS/c1-13-9-14(2)28(26-13)19-8-5-16(10-24-19)20(23)27-29-11-18-12-30-21(25-18)15-3-6-17(22)7-4-15/h3-10,12H,11H2,1-2H3,(H2,23,27). The van der Waals surface area contributed by atoms with Crippen molar-refractivity contribution in [2.45, 2.75) is 20.5 Å². The number of halogens is 1. The van der Waals surface area contributed by atoms with Crippen LogP contribution in [0.1, 0.15) is 22.6 Å². The molecule has 0 amide bonds. The van der Waals surface area contributed by atoms with E-state index in [1.54, 1.807) is 23.0 Å². The first kappa shape index (κ1) is 19.7. The van der Waals surface area contributed by atoms with Crippen LogP contribution in [0, 0.1) is 19.7 Å². The second kappa shape index (κ2) is 8.42. The summed E-state index contributed by atoms with van der Waals surface area (Å²) >= 11 is 1.45. The molecule has 0 aliphatic carbocycles. The lowest BCUT2D eigenvalue weighted by Crippen LogP contribution is -2.15. The molecular weight excluding hydrogens is 403 g/mol. The minimum atomic E-state index is -0.277. The van der Waals surface area contributed by atoms with Gasteiger partial charge in [-0.15, -0.1) is 11.3 Å². The zero-order valence-corrected chi connectivity index (χ0v) is 17.2. The number of nitrogens with two attached hydrogens (primary N) is 1. The van der Waals surface area contributed by atoms with E-state index < -0.39 is 0 Å². The Morgan fingerprint density at radius 3 is 2.67 bits per heavy atom. The fraction of sp³-hybridized carbons (Fsp3) is 0.143. The maximum Gasteiger partial charge on any atom is 0.171 e. The van der Waals surface area contributed by atoms with Crippen LogP contribution in [-0.4, -0.2) is 25.6 Å². The molecule has 1 aromatic carbocycles. The molecular formula is C21H19FN6OS. The molecule has 4 rings (SSSR count). The van der Waals surface area contributed by atoms with E-state index >= 15 is 0 Å². The highest BCUT2D eigenvalue weighted by Gasteiger charge is 2.08. The Morgan fingerprint density at radius 1 is 1.20 bits per heavy atom. The number of rotatable bonds is 6. The monoisotopic (exact) mass is 422 g/mol. The molecule has 30 heavy (non-hydrogen) atoms. The summed E-state index contributed by atoms with van der Waals surface area (Å²) in [7, 11) is 0. The number of thiazole rings is 1. The van der Waals surface area contributed by atoms with Crippen LogP contribution in [-0.2, 0) is 11.4 Å². The summed E-state index contributed by atoms with van der Waals surface area (Å²) in [6, 6.07) is 11.8. The van der Waals surface area contributed by atoms with Crippen LogP contribution in [0.2, 0.25) is 0 Å². The van der Waals surface area contributed by atoms with E-state index in [4.69, 9.17) is 10.6 Å². The average Bonchev–Trinajstić information content (AvgIpc) is 3.34. The maximum absolute atomic E-state index is 13.0. The Labute approximate surface area is 176 Å². The van der Waals surface area contributed by atoms with Gasteiger partial charge in [0, 0.05) is 28.4 Å². The van der Waals surface area contributed by atoms with Gasteiger partial charge in [-0.25, -0.2) is 19.0 Å². The minimum Gasteiger partial charge on any atom is -0.388 e. The predicted octanol–water partition coefficient (Wildman–Crippen LogP) is 3.98. The molecule has 0 saturated heterocycles. The summed E-state index contributed by atoms with van der Waals surface area (Å²) in [6.07, 6.45) is 1.63. The van der Waals surface area contributed by atoms with Gasteiger partial charge in [0.1, 0.15) is 10.8 Å². The number of aryl methyl sites for hydroxylation is 2. The molecule has 7 nitrogen and oxygen atoms in total. The molecule has 152 valence electrons. The van der Waals surface area contributed by atoms with Crippen LogP contribution < -0.4 is 5.73 Å². The number of hydrogen-bond acceptors (Lipinski definition) is 6. The molecule has 0 spiro atoms. The van der Waals surface area contributed by atoms with Gasteiger partial charge >= 0.3 is 0 Å². The van der Waals surface area contributed by atoms with Crippen molar-refractivity contribution in [1.82, 2.24) is 19.7 Å². The van der Waals surface area contributed by atoms with Gasteiger partial charge in [-0.2, -0.15) is 5.10 Å². The molecule has 0 radical (unpaired) electrons. The van der Waals surface area contributed by atoms with E-state index in [2.05, 4.69) is 20.2 Å². The zero-order valence-electron chi connectivity index (χ0n) is 16.4. The lowest BCUT2D eigenvalue weighted by molar-refractivity contribution is 0.128. The largest absolute Gasteiger partial charge is 0.388 e. The van der Waals surface area contributed by atoms with E-state index in [0.29, 0.717) is 17.1 Å². The average molecular weight is 422 g/mol. The molecule has 3 heterocycles. The second-order valence-electron chi connectivity index (χ2n) is 6.64.